The van der Waals surface area contributed by atoms with Gasteiger partial charge >= 0.3 is 0 Å². The molecule has 0 heterocycles. The predicted octanol–water partition coefficient (Wildman–Crippen LogP) is 3.24. The fourth-order valence-corrected chi connectivity index (χ4v) is 5.53. The molecule has 3 heteroatoms. The third kappa shape index (κ3) is 2.54. The van der Waals surface area contributed by atoms with E-state index in [1.54, 1.807) is 0 Å². The molecule has 1 unspecified atom stereocenters. The third-order valence-electron chi connectivity index (χ3n) is 5.76. The SMILES string of the molecule is C=CCNC(=S)NC(C)C12CC3CC(CC(C3)C1)C2. The van der Waals surface area contributed by atoms with Gasteiger partial charge in [-0.05, 0) is 80.8 Å². The van der Waals surface area contributed by atoms with Gasteiger partial charge in [0.1, 0.15) is 0 Å². The lowest BCUT2D eigenvalue weighted by molar-refractivity contribution is -0.0672. The van der Waals surface area contributed by atoms with Crippen LogP contribution in [0.3, 0.4) is 0 Å². The van der Waals surface area contributed by atoms with E-state index >= 15 is 0 Å². The largest absolute Gasteiger partial charge is 0.360 e. The summed E-state index contributed by atoms with van der Waals surface area (Å²) in [4.78, 5) is 0. The topological polar surface area (TPSA) is 24.1 Å². The summed E-state index contributed by atoms with van der Waals surface area (Å²) >= 11 is 5.38. The summed E-state index contributed by atoms with van der Waals surface area (Å²) in [6.45, 7) is 6.81. The molecule has 4 saturated carbocycles. The minimum atomic E-state index is 0.505. The zero-order valence-electron chi connectivity index (χ0n) is 12.0. The molecule has 2 nitrogen and oxygen atoms in total. The second kappa shape index (κ2) is 5.08. The highest BCUT2D eigenvalue weighted by molar-refractivity contribution is 7.80. The van der Waals surface area contributed by atoms with E-state index in [0.717, 1.165) is 29.4 Å². The number of hydrogen-bond donors (Lipinski definition) is 2. The Kier molecular flexibility index (Phi) is 3.59. The van der Waals surface area contributed by atoms with E-state index in [0.29, 0.717) is 11.5 Å². The molecule has 4 aliphatic carbocycles. The number of thiocarbonyl (C=S) groups is 1. The van der Waals surface area contributed by atoms with Gasteiger partial charge in [0.05, 0.1) is 0 Å². The second-order valence-electron chi connectivity index (χ2n) is 7.14. The molecule has 0 aromatic heterocycles. The number of nitrogens with one attached hydrogen (secondary N) is 2. The monoisotopic (exact) mass is 278 g/mol. The average Bonchev–Trinajstić information content (AvgIpc) is 2.34. The van der Waals surface area contributed by atoms with Crippen molar-refractivity contribution in [2.45, 2.75) is 51.5 Å². The van der Waals surface area contributed by atoms with Crippen molar-refractivity contribution in [1.82, 2.24) is 10.6 Å². The highest BCUT2D eigenvalue weighted by atomic mass is 32.1. The van der Waals surface area contributed by atoms with Gasteiger partial charge in [0.25, 0.3) is 0 Å². The average molecular weight is 278 g/mol. The summed E-state index contributed by atoms with van der Waals surface area (Å²) in [6, 6.07) is 0.505. The first kappa shape index (κ1) is 13.4. The van der Waals surface area contributed by atoms with Crippen LogP contribution in [0.5, 0.6) is 0 Å². The minimum Gasteiger partial charge on any atom is -0.360 e. The van der Waals surface area contributed by atoms with Gasteiger partial charge in [0.15, 0.2) is 5.11 Å². The smallest absolute Gasteiger partial charge is 0.166 e. The summed E-state index contributed by atoms with van der Waals surface area (Å²) < 4.78 is 0. The molecule has 106 valence electrons. The maximum absolute atomic E-state index is 5.38. The van der Waals surface area contributed by atoms with Gasteiger partial charge in [-0.3, -0.25) is 0 Å². The van der Waals surface area contributed by atoms with Crippen LogP contribution in [-0.2, 0) is 0 Å². The highest BCUT2D eigenvalue weighted by Gasteiger charge is 2.53. The van der Waals surface area contributed by atoms with Gasteiger partial charge in [-0.15, -0.1) is 6.58 Å². The Morgan fingerprint density at radius 1 is 1.26 bits per heavy atom. The molecule has 0 saturated heterocycles. The van der Waals surface area contributed by atoms with Crippen LogP contribution < -0.4 is 10.6 Å². The van der Waals surface area contributed by atoms with Crippen molar-refractivity contribution in [3.63, 3.8) is 0 Å². The maximum Gasteiger partial charge on any atom is 0.166 e. The molecule has 0 aliphatic heterocycles. The van der Waals surface area contributed by atoms with Gasteiger partial charge < -0.3 is 10.6 Å². The van der Waals surface area contributed by atoms with Crippen LogP contribution in [-0.4, -0.2) is 17.7 Å². The van der Waals surface area contributed by atoms with Gasteiger partial charge in [0.2, 0.25) is 0 Å². The Hall–Kier alpha value is -0.570. The van der Waals surface area contributed by atoms with E-state index in [1.165, 1.54) is 38.5 Å². The van der Waals surface area contributed by atoms with E-state index < -0.39 is 0 Å². The summed E-state index contributed by atoms with van der Waals surface area (Å²) in [5.74, 6) is 3.01. The summed E-state index contributed by atoms with van der Waals surface area (Å²) in [7, 11) is 0. The summed E-state index contributed by atoms with van der Waals surface area (Å²) in [6.07, 6.45) is 10.6. The van der Waals surface area contributed by atoms with E-state index in [2.05, 4.69) is 24.1 Å². The highest BCUT2D eigenvalue weighted by Crippen LogP contribution is 2.61. The standard InChI is InChI=1S/C16H26N2S/c1-3-4-17-15(19)18-11(2)16-8-12-5-13(9-16)7-14(6-12)10-16/h3,11-14H,1,4-10H2,2H3,(H2,17,18,19). The zero-order valence-corrected chi connectivity index (χ0v) is 12.8. The van der Waals surface area contributed by atoms with Gasteiger partial charge in [0, 0.05) is 12.6 Å². The Balaban J connectivity index is 1.64. The Morgan fingerprint density at radius 3 is 2.26 bits per heavy atom. The molecule has 4 fully saturated rings. The molecular formula is C16H26N2S. The Bertz CT molecular complexity index is 342. The molecule has 0 aromatic carbocycles. The van der Waals surface area contributed by atoms with Crippen molar-refractivity contribution in [1.29, 1.82) is 0 Å². The fraction of sp³-hybridized carbons (Fsp3) is 0.812. The molecule has 19 heavy (non-hydrogen) atoms. The van der Waals surface area contributed by atoms with Crippen molar-refractivity contribution < 1.29 is 0 Å². The molecular weight excluding hydrogens is 252 g/mol. The van der Waals surface area contributed by atoms with Crippen LogP contribution in [0.15, 0.2) is 12.7 Å². The van der Waals surface area contributed by atoms with Gasteiger partial charge in [-0.25, -0.2) is 0 Å². The van der Waals surface area contributed by atoms with E-state index in [-0.39, 0.29) is 0 Å². The van der Waals surface area contributed by atoms with Crippen LogP contribution in [0.25, 0.3) is 0 Å². The van der Waals surface area contributed by atoms with Crippen molar-refractivity contribution in [3.8, 4) is 0 Å². The lowest BCUT2D eigenvalue weighted by Crippen LogP contribution is -2.57. The van der Waals surface area contributed by atoms with Crippen molar-refractivity contribution >= 4 is 17.3 Å². The maximum atomic E-state index is 5.38. The van der Waals surface area contributed by atoms with Gasteiger partial charge in [-0.1, -0.05) is 6.08 Å². The molecule has 0 spiro atoms. The minimum absolute atomic E-state index is 0.505. The summed E-state index contributed by atoms with van der Waals surface area (Å²) in [5.41, 5.74) is 0.522. The Labute approximate surface area is 122 Å². The van der Waals surface area contributed by atoms with Crippen LogP contribution >= 0.6 is 12.2 Å². The number of rotatable bonds is 4. The third-order valence-corrected chi connectivity index (χ3v) is 6.02. The first-order chi connectivity index (χ1) is 9.11. The summed E-state index contributed by atoms with van der Waals surface area (Å²) in [5, 5.41) is 7.54. The van der Waals surface area contributed by atoms with Crippen molar-refractivity contribution in [3.05, 3.63) is 12.7 Å². The van der Waals surface area contributed by atoms with Crippen molar-refractivity contribution in [2.75, 3.05) is 6.54 Å². The molecule has 0 amide bonds. The van der Waals surface area contributed by atoms with Gasteiger partial charge in [-0.2, -0.15) is 0 Å². The lowest BCUT2D eigenvalue weighted by Gasteiger charge is -2.59. The Morgan fingerprint density at radius 2 is 1.79 bits per heavy atom. The zero-order chi connectivity index (χ0) is 13.5. The normalized spacial score (nSPS) is 40.8. The molecule has 0 aromatic rings. The fourth-order valence-electron chi connectivity index (χ4n) is 5.27. The molecule has 1 atom stereocenters. The second-order valence-corrected chi connectivity index (χ2v) is 7.55. The number of hydrogen-bond acceptors (Lipinski definition) is 1. The van der Waals surface area contributed by atoms with E-state index in [1.807, 2.05) is 6.08 Å². The first-order valence-corrected chi connectivity index (χ1v) is 8.17. The van der Waals surface area contributed by atoms with E-state index in [9.17, 15) is 0 Å². The molecule has 0 radical (unpaired) electrons. The lowest BCUT2D eigenvalue weighted by atomic mass is 9.48. The first-order valence-electron chi connectivity index (χ1n) is 7.76. The van der Waals surface area contributed by atoms with Crippen LogP contribution in [0, 0.1) is 23.2 Å². The van der Waals surface area contributed by atoms with Crippen LogP contribution in [0.1, 0.15) is 45.4 Å². The predicted molar refractivity (Wildman–Crippen MR) is 84.0 cm³/mol. The van der Waals surface area contributed by atoms with E-state index in [4.69, 9.17) is 12.2 Å². The molecule has 4 aliphatic rings. The molecule has 2 N–H and O–H groups in total. The van der Waals surface area contributed by atoms with Crippen molar-refractivity contribution in [2.24, 2.45) is 23.2 Å². The van der Waals surface area contributed by atoms with Crippen LogP contribution in [0.4, 0.5) is 0 Å². The molecule has 4 bridgehead atoms. The molecule has 4 rings (SSSR count). The van der Waals surface area contributed by atoms with Crippen LogP contribution in [0.2, 0.25) is 0 Å². The quantitative estimate of drug-likeness (QED) is 0.610.